The van der Waals surface area contributed by atoms with Gasteiger partial charge < -0.3 is 4.74 Å². The molecule has 0 N–H and O–H groups in total. The molecule has 1 saturated carbocycles. The van der Waals surface area contributed by atoms with Crippen LogP contribution in [0, 0.1) is 0 Å². The molecule has 92 valence electrons. The monoisotopic (exact) mass is 296 g/mol. The van der Waals surface area contributed by atoms with Crippen molar-refractivity contribution in [1.29, 1.82) is 0 Å². The van der Waals surface area contributed by atoms with E-state index in [1.807, 2.05) is 12.1 Å². The van der Waals surface area contributed by atoms with Gasteiger partial charge in [0.15, 0.2) is 5.78 Å². The molecule has 0 radical (unpaired) electrons. The molecule has 2 rings (SSSR count). The van der Waals surface area contributed by atoms with Crippen LogP contribution in [0.2, 0.25) is 0 Å². The van der Waals surface area contributed by atoms with Crippen molar-refractivity contribution < 1.29 is 9.53 Å². The van der Waals surface area contributed by atoms with E-state index in [1.54, 1.807) is 14.0 Å². The van der Waals surface area contributed by atoms with E-state index in [9.17, 15) is 4.79 Å². The second-order valence-corrected chi connectivity index (χ2v) is 5.47. The van der Waals surface area contributed by atoms with Gasteiger partial charge in [-0.1, -0.05) is 12.8 Å². The van der Waals surface area contributed by atoms with Crippen LogP contribution >= 0.6 is 15.9 Å². The molecule has 0 unspecified atom stereocenters. The molecule has 1 aromatic carbocycles. The van der Waals surface area contributed by atoms with Gasteiger partial charge in [0.1, 0.15) is 5.75 Å². The lowest BCUT2D eigenvalue weighted by molar-refractivity contribution is 0.101. The minimum atomic E-state index is 0.104. The highest BCUT2D eigenvalue weighted by atomic mass is 79.9. The molecule has 0 bridgehead atoms. The number of hydrogen-bond acceptors (Lipinski definition) is 2. The van der Waals surface area contributed by atoms with Crippen LogP contribution < -0.4 is 4.74 Å². The van der Waals surface area contributed by atoms with Crippen LogP contribution in [0.15, 0.2) is 16.6 Å². The van der Waals surface area contributed by atoms with E-state index < -0.39 is 0 Å². The largest absolute Gasteiger partial charge is 0.495 e. The Balaban J connectivity index is 2.49. The minimum absolute atomic E-state index is 0.104. The van der Waals surface area contributed by atoms with Gasteiger partial charge in [-0.2, -0.15) is 0 Å². The highest BCUT2D eigenvalue weighted by molar-refractivity contribution is 9.10. The van der Waals surface area contributed by atoms with Gasteiger partial charge in [0, 0.05) is 5.56 Å². The molecular formula is C14H17BrO2. The summed E-state index contributed by atoms with van der Waals surface area (Å²) in [6, 6.07) is 3.85. The van der Waals surface area contributed by atoms with Gasteiger partial charge in [-0.05, 0) is 59.3 Å². The Bertz CT molecular complexity index is 434. The predicted octanol–water partition coefficient (Wildman–Crippen LogP) is 4.32. The summed E-state index contributed by atoms with van der Waals surface area (Å²) in [6.45, 7) is 1.60. The number of carbonyl (C=O) groups is 1. The highest BCUT2D eigenvalue weighted by Crippen LogP contribution is 2.42. The van der Waals surface area contributed by atoms with Gasteiger partial charge in [-0.15, -0.1) is 0 Å². The summed E-state index contributed by atoms with van der Waals surface area (Å²) in [5.41, 5.74) is 1.95. The van der Waals surface area contributed by atoms with Crippen molar-refractivity contribution in [3.63, 3.8) is 0 Å². The molecule has 1 aromatic rings. The molecule has 1 aliphatic rings. The lowest BCUT2D eigenvalue weighted by Gasteiger charge is -2.17. The summed E-state index contributed by atoms with van der Waals surface area (Å²) >= 11 is 3.50. The van der Waals surface area contributed by atoms with E-state index in [0.29, 0.717) is 5.92 Å². The normalized spacial score (nSPS) is 16.2. The molecular weight excluding hydrogens is 280 g/mol. The van der Waals surface area contributed by atoms with Crippen molar-refractivity contribution in [3.05, 3.63) is 27.7 Å². The molecule has 2 nitrogen and oxygen atoms in total. The fourth-order valence-electron chi connectivity index (χ4n) is 2.57. The van der Waals surface area contributed by atoms with Gasteiger partial charge in [0.25, 0.3) is 0 Å². The second kappa shape index (κ2) is 5.21. The summed E-state index contributed by atoms with van der Waals surface area (Å²) < 4.78 is 6.35. The predicted molar refractivity (Wildman–Crippen MR) is 71.9 cm³/mol. The lowest BCUT2D eigenvalue weighted by atomic mass is 9.94. The Morgan fingerprint density at radius 1 is 1.35 bits per heavy atom. The van der Waals surface area contributed by atoms with E-state index in [2.05, 4.69) is 15.9 Å². The number of hydrogen-bond donors (Lipinski definition) is 0. The van der Waals surface area contributed by atoms with Crippen LogP contribution in [0.25, 0.3) is 0 Å². The van der Waals surface area contributed by atoms with E-state index in [0.717, 1.165) is 15.8 Å². The number of ketones is 1. The number of carbonyl (C=O) groups excluding carboxylic acids is 1. The third-order valence-electron chi connectivity index (χ3n) is 3.48. The average Bonchev–Trinajstić information content (AvgIpc) is 2.81. The fourth-order valence-corrected chi connectivity index (χ4v) is 3.21. The zero-order chi connectivity index (χ0) is 12.4. The summed E-state index contributed by atoms with van der Waals surface area (Å²) in [5.74, 6) is 1.54. The van der Waals surface area contributed by atoms with Gasteiger partial charge >= 0.3 is 0 Å². The van der Waals surface area contributed by atoms with Crippen molar-refractivity contribution in [2.24, 2.45) is 0 Å². The molecule has 0 aliphatic heterocycles. The summed E-state index contributed by atoms with van der Waals surface area (Å²) in [6.07, 6.45) is 4.94. The molecule has 0 saturated heterocycles. The fraction of sp³-hybridized carbons (Fsp3) is 0.500. The van der Waals surface area contributed by atoms with E-state index >= 15 is 0 Å². The number of halogens is 1. The first-order valence-corrected chi connectivity index (χ1v) is 6.81. The Hall–Kier alpha value is -0.830. The van der Waals surface area contributed by atoms with Crippen LogP contribution in [0.4, 0.5) is 0 Å². The van der Waals surface area contributed by atoms with Crippen molar-refractivity contribution in [3.8, 4) is 5.75 Å². The smallest absolute Gasteiger partial charge is 0.159 e. The maximum Gasteiger partial charge on any atom is 0.159 e. The third-order valence-corrected chi connectivity index (χ3v) is 4.07. The molecule has 0 spiro atoms. The van der Waals surface area contributed by atoms with Crippen LogP contribution in [0.3, 0.4) is 0 Å². The van der Waals surface area contributed by atoms with Gasteiger partial charge in [0.05, 0.1) is 11.6 Å². The molecule has 1 fully saturated rings. The average molecular weight is 297 g/mol. The van der Waals surface area contributed by atoms with Crippen molar-refractivity contribution in [1.82, 2.24) is 0 Å². The standard InChI is InChI=1S/C14H17BrO2/c1-9(16)11-7-12(10-5-3-4-6-10)14(17-2)13(15)8-11/h7-8,10H,3-6H2,1-2H3. The number of rotatable bonds is 3. The van der Waals surface area contributed by atoms with E-state index in [-0.39, 0.29) is 5.78 Å². The lowest BCUT2D eigenvalue weighted by Crippen LogP contribution is -2.02. The van der Waals surface area contributed by atoms with Crippen molar-refractivity contribution >= 4 is 21.7 Å². The Kier molecular flexibility index (Phi) is 3.87. The minimum Gasteiger partial charge on any atom is -0.495 e. The number of Topliss-reactive ketones (excluding diaryl/α,β-unsaturated/α-hetero) is 1. The van der Waals surface area contributed by atoms with Crippen LogP contribution in [-0.2, 0) is 0 Å². The first-order chi connectivity index (χ1) is 8.13. The molecule has 1 aliphatic carbocycles. The quantitative estimate of drug-likeness (QED) is 0.777. The molecule has 0 aromatic heterocycles. The zero-order valence-electron chi connectivity index (χ0n) is 10.3. The second-order valence-electron chi connectivity index (χ2n) is 4.62. The maximum atomic E-state index is 11.5. The zero-order valence-corrected chi connectivity index (χ0v) is 11.8. The maximum absolute atomic E-state index is 11.5. The SMILES string of the molecule is COc1c(Br)cc(C(C)=O)cc1C1CCCC1. The molecule has 3 heteroatoms. The molecule has 0 atom stereocenters. The Labute approximate surface area is 110 Å². The van der Waals surface area contributed by atoms with Crippen molar-refractivity contribution in [2.45, 2.75) is 38.5 Å². The molecule has 0 heterocycles. The van der Waals surface area contributed by atoms with E-state index in [4.69, 9.17) is 4.74 Å². The van der Waals surface area contributed by atoms with Gasteiger partial charge in [0.2, 0.25) is 0 Å². The van der Waals surface area contributed by atoms with Crippen LogP contribution in [-0.4, -0.2) is 12.9 Å². The topological polar surface area (TPSA) is 26.3 Å². The number of benzene rings is 1. The van der Waals surface area contributed by atoms with Gasteiger partial charge in [-0.3, -0.25) is 4.79 Å². The van der Waals surface area contributed by atoms with Gasteiger partial charge in [-0.25, -0.2) is 0 Å². The highest BCUT2D eigenvalue weighted by Gasteiger charge is 2.23. The Morgan fingerprint density at radius 2 is 2.00 bits per heavy atom. The van der Waals surface area contributed by atoms with E-state index in [1.165, 1.54) is 31.2 Å². The van der Waals surface area contributed by atoms with Crippen LogP contribution in [0.5, 0.6) is 5.75 Å². The number of ether oxygens (including phenoxy) is 1. The van der Waals surface area contributed by atoms with Crippen LogP contribution in [0.1, 0.15) is 54.4 Å². The van der Waals surface area contributed by atoms with Crippen molar-refractivity contribution in [2.75, 3.05) is 7.11 Å². The molecule has 17 heavy (non-hydrogen) atoms. The first kappa shape index (κ1) is 12.6. The third kappa shape index (κ3) is 2.54. The summed E-state index contributed by atoms with van der Waals surface area (Å²) in [5, 5.41) is 0. The molecule has 0 amide bonds. The Morgan fingerprint density at radius 3 is 2.53 bits per heavy atom. The number of methoxy groups -OCH3 is 1. The first-order valence-electron chi connectivity index (χ1n) is 6.02. The summed E-state index contributed by atoms with van der Waals surface area (Å²) in [7, 11) is 1.69. The summed E-state index contributed by atoms with van der Waals surface area (Å²) in [4.78, 5) is 11.5.